The second-order valence-electron chi connectivity index (χ2n) is 6.60. The minimum atomic E-state index is -4.00. The van der Waals surface area contributed by atoms with Gasteiger partial charge in [-0.3, -0.25) is 4.79 Å². The van der Waals surface area contributed by atoms with Crippen LogP contribution >= 0.6 is 0 Å². The topological polar surface area (TPSA) is 75.7 Å². The number of hydrogen-bond donors (Lipinski definition) is 1. The van der Waals surface area contributed by atoms with Crippen LogP contribution in [0.25, 0.3) is 0 Å². The first-order chi connectivity index (χ1) is 13.2. The first-order valence-corrected chi connectivity index (χ1v) is 10.3. The van der Waals surface area contributed by atoms with Gasteiger partial charge in [0.15, 0.2) is 0 Å². The van der Waals surface area contributed by atoms with Crippen LogP contribution in [0.15, 0.2) is 53.4 Å². The highest BCUT2D eigenvalue weighted by molar-refractivity contribution is 7.89. The lowest BCUT2D eigenvalue weighted by Crippen LogP contribution is -2.44. The van der Waals surface area contributed by atoms with Gasteiger partial charge < -0.3 is 10.1 Å². The van der Waals surface area contributed by atoms with Gasteiger partial charge in [-0.1, -0.05) is 35.9 Å². The predicted octanol–water partition coefficient (Wildman–Crippen LogP) is 2.48. The van der Waals surface area contributed by atoms with Crippen molar-refractivity contribution in [2.24, 2.45) is 0 Å². The third kappa shape index (κ3) is 5.85. The number of sulfonamides is 1. The van der Waals surface area contributed by atoms with Crippen molar-refractivity contribution in [2.45, 2.75) is 31.3 Å². The molecular weight excluding hydrogens is 383 g/mol. The fourth-order valence-electron chi connectivity index (χ4n) is 2.67. The molecule has 152 valence electrons. The van der Waals surface area contributed by atoms with Crippen LogP contribution in [0, 0.1) is 12.7 Å². The minimum absolute atomic E-state index is 0.0483. The third-order valence-corrected chi connectivity index (χ3v) is 5.91. The van der Waals surface area contributed by atoms with Crippen LogP contribution in [0.3, 0.4) is 0 Å². The number of benzene rings is 2. The van der Waals surface area contributed by atoms with Crippen LogP contribution in [0.4, 0.5) is 4.39 Å². The van der Waals surface area contributed by atoms with Gasteiger partial charge in [-0.2, -0.15) is 4.31 Å². The zero-order valence-electron chi connectivity index (χ0n) is 16.2. The molecule has 2 rings (SSSR count). The van der Waals surface area contributed by atoms with Crippen LogP contribution in [0.2, 0.25) is 0 Å². The summed E-state index contributed by atoms with van der Waals surface area (Å²) in [4.78, 5) is 12.4. The Labute approximate surface area is 165 Å². The highest BCUT2D eigenvalue weighted by Gasteiger charge is 2.28. The molecule has 1 atom stereocenters. The molecule has 0 heterocycles. The van der Waals surface area contributed by atoms with Crippen molar-refractivity contribution in [2.75, 3.05) is 20.3 Å². The monoisotopic (exact) mass is 408 g/mol. The number of methoxy groups -OCH3 is 1. The molecular formula is C20H25FN2O4S. The summed E-state index contributed by atoms with van der Waals surface area (Å²) in [5, 5.41) is 2.68. The largest absolute Gasteiger partial charge is 0.383 e. The minimum Gasteiger partial charge on any atom is -0.383 e. The highest BCUT2D eigenvalue weighted by atomic mass is 32.2. The molecule has 0 radical (unpaired) electrons. The maximum Gasteiger partial charge on any atom is 0.243 e. The molecule has 1 amide bonds. The third-order valence-electron chi connectivity index (χ3n) is 4.11. The van der Waals surface area contributed by atoms with E-state index in [-0.39, 0.29) is 23.0 Å². The molecule has 2 aromatic carbocycles. The van der Waals surface area contributed by atoms with Gasteiger partial charge in [0.1, 0.15) is 5.82 Å². The van der Waals surface area contributed by atoms with Crippen molar-refractivity contribution >= 4 is 15.9 Å². The Morgan fingerprint density at radius 2 is 1.82 bits per heavy atom. The Balaban J connectivity index is 2.31. The number of ether oxygens (including phenoxy) is 1. The van der Waals surface area contributed by atoms with E-state index >= 15 is 0 Å². The number of hydrogen-bond acceptors (Lipinski definition) is 4. The summed E-state index contributed by atoms with van der Waals surface area (Å²) in [6.45, 7) is 3.20. The van der Waals surface area contributed by atoms with Crippen molar-refractivity contribution in [1.29, 1.82) is 0 Å². The van der Waals surface area contributed by atoms with E-state index in [0.29, 0.717) is 6.61 Å². The Bertz CT molecular complexity index is 901. The van der Waals surface area contributed by atoms with Gasteiger partial charge in [-0.15, -0.1) is 0 Å². The fraction of sp³-hybridized carbons (Fsp3) is 0.350. The molecule has 0 spiro atoms. The Morgan fingerprint density at radius 3 is 2.43 bits per heavy atom. The van der Waals surface area contributed by atoms with E-state index in [9.17, 15) is 17.6 Å². The average Bonchev–Trinajstić information content (AvgIpc) is 2.63. The average molecular weight is 408 g/mol. The van der Waals surface area contributed by atoms with E-state index in [1.165, 1.54) is 37.4 Å². The number of nitrogens with one attached hydrogen (secondary N) is 1. The maximum absolute atomic E-state index is 14.1. The number of rotatable bonds is 9. The highest BCUT2D eigenvalue weighted by Crippen LogP contribution is 2.20. The molecule has 1 N–H and O–H groups in total. The van der Waals surface area contributed by atoms with Gasteiger partial charge in [-0.25, -0.2) is 12.8 Å². The van der Waals surface area contributed by atoms with Gasteiger partial charge in [0, 0.05) is 25.3 Å². The molecule has 6 nitrogen and oxygen atoms in total. The normalized spacial score (nSPS) is 12.8. The summed E-state index contributed by atoms with van der Waals surface area (Å²) in [5.74, 6) is -1.02. The number of aryl methyl sites for hydroxylation is 1. The number of carbonyl (C=O) groups excluding carboxylic acids is 1. The molecule has 0 bridgehead atoms. The number of amides is 1. The summed E-state index contributed by atoms with van der Waals surface area (Å²) < 4.78 is 46.3. The molecule has 8 heteroatoms. The van der Waals surface area contributed by atoms with E-state index in [4.69, 9.17) is 4.74 Å². The van der Waals surface area contributed by atoms with Crippen LogP contribution < -0.4 is 5.32 Å². The van der Waals surface area contributed by atoms with Crippen LogP contribution in [-0.4, -0.2) is 44.9 Å². The molecule has 2 aromatic rings. The molecule has 0 aromatic heterocycles. The SMILES string of the molecule is COC[C@@H](C)NC(=O)CN(Cc1ccccc1F)S(=O)(=O)c1ccc(C)cc1. The Morgan fingerprint density at radius 1 is 1.18 bits per heavy atom. The van der Waals surface area contributed by atoms with E-state index in [0.717, 1.165) is 9.87 Å². The molecule has 0 fully saturated rings. The van der Waals surface area contributed by atoms with E-state index in [1.54, 1.807) is 25.1 Å². The van der Waals surface area contributed by atoms with Gasteiger partial charge in [-0.05, 0) is 32.0 Å². The van der Waals surface area contributed by atoms with E-state index < -0.39 is 28.3 Å². The summed E-state index contributed by atoms with van der Waals surface area (Å²) >= 11 is 0. The summed E-state index contributed by atoms with van der Waals surface area (Å²) in [6, 6.07) is 11.9. The lowest BCUT2D eigenvalue weighted by molar-refractivity contribution is -0.122. The molecule has 0 aliphatic carbocycles. The lowest BCUT2D eigenvalue weighted by atomic mass is 10.2. The van der Waals surface area contributed by atoms with E-state index in [1.807, 2.05) is 6.92 Å². The molecule has 0 saturated heterocycles. The Hall–Kier alpha value is -2.29. The number of halogens is 1. The molecule has 0 saturated carbocycles. The van der Waals surface area contributed by atoms with Crippen LogP contribution in [-0.2, 0) is 26.1 Å². The standard InChI is InChI=1S/C20H25FN2O4S/c1-15-8-10-18(11-9-15)28(25,26)23(12-17-6-4-5-7-19(17)21)13-20(24)22-16(2)14-27-3/h4-11,16H,12-14H2,1-3H3,(H,22,24)/t16-/m1/s1. The first kappa shape index (κ1) is 22.0. The van der Waals surface area contributed by atoms with Gasteiger partial charge >= 0.3 is 0 Å². The quantitative estimate of drug-likeness (QED) is 0.692. The zero-order chi connectivity index (χ0) is 20.7. The number of carbonyl (C=O) groups is 1. The second-order valence-corrected chi connectivity index (χ2v) is 8.54. The second kappa shape index (κ2) is 9.77. The van der Waals surface area contributed by atoms with Gasteiger partial charge in [0.25, 0.3) is 0 Å². The summed E-state index contributed by atoms with van der Waals surface area (Å²) in [7, 11) is -2.49. The Kier molecular flexibility index (Phi) is 7.68. The van der Waals surface area contributed by atoms with Crippen molar-refractivity contribution in [3.63, 3.8) is 0 Å². The first-order valence-electron chi connectivity index (χ1n) is 8.82. The molecule has 0 aliphatic rings. The van der Waals surface area contributed by atoms with Crippen molar-refractivity contribution in [3.8, 4) is 0 Å². The predicted molar refractivity (Wildman–Crippen MR) is 105 cm³/mol. The van der Waals surface area contributed by atoms with Crippen molar-refractivity contribution in [3.05, 3.63) is 65.5 Å². The van der Waals surface area contributed by atoms with E-state index in [2.05, 4.69) is 5.32 Å². The molecule has 0 aliphatic heterocycles. The summed E-state index contributed by atoms with van der Waals surface area (Å²) in [6.07, 6.45) is 0. The van der Waals surface area contributed by atoms with Crippen LogP contribution in [0.1, 0.15) is 18.1 Å². The van der Waals surface area contributed by atoms with Crippen molar-refractivity contribution < 1.29 is 22.3 Å². The molecule has 28 heavy (non-hydrogen) atoms. The smallest absolute Gasteiger partial charge is 0.243 e. The fourth-order valence-corrected chi connectivity index (χ4v) is 4.05. The van der Waals surface area contributed by atoms with Crippen molar-refractivity contribution in [1.82, 2.24) is 9.62 Å². The molecule has 0 unspecified atom stereocenters. The van der Waals surface area contributed by atoms with Gasteiger partial charge in [0.2, 0.25) is 15.9 Å². The van der Waals surface area contributed by atoms with Crippen LogP contribution in [0.5, 0.6) is 0 Å². The lowest BCUT2D eigenvalue weighted by Gasteiger charge is -2.23. The maximum atomic E-state index is 14.1. The summed E-state index contributed by atoms with van der Waals surface area (Å²) in [5.41, 5.74) is 1.10. The zero-order valence-corrected chi connectivity index (χ0v) is 17.0. The number of nitrogens with zero attached hydrogens (tertiary/aromatic N) is 1. The van der Waals surface area contributed by atoms with Gasteiger partial charge in [0.05, 0.1) is 18.0 Å².